The van der Waals surface area contributed by atoms with Crippen molar-refractivity contribution in [1.82, 2.24) is 0 Å². The number of ether oxygens (including phenoxy) is 1. The summed E-state index contributed by atoms with van der Waals surface area (Å²) in [4.78, 5) is 13.9. The fourth-order valence-electron chi connectivity index (χ4n) is 2.99. The lowest BCUT2D eigenvalue weighted by atomic mass is 10.2. The van der Waals surface area contributed by atoms with Gasteiger partial charge in [-0.15, -0.1) is 0 Å². The molecule has 1 aliphatic rings. The Morgan fingerprint density at radius 1 is 1.15 bits per heavy atom. The molecule has 0 aromatic heterocycles. The van der Waals surface area contributed by atoms with Crippen LogP contribution in [0.5, 0.6) is 5.75 Å². The summed E-state index contributed by atoms with van der Waals surface area (Å²) in [7, 11) is -2.18. The van der Waals surface area contributed by atoms with Crippen molar-refractivity contribution in [2.45, 2.75) is 31.1 Å². The molecule has 2 aromatic rings. The van der Waals surface area contributed by atoms with Crippen LogP contribution in [0.15, 0.2) is 47.4 Å². The number of carbonyl (C=O) groups excluding carboxylic acids is 1. The van der Waals surface area contributed by atoms with E-state index >= 15 is 0 Å². The smallest absolute Gasteiger partial charge is 0.261 e. The fraction of sp³-hybridized carbons (Fsp3) is 0.316. The van der Waals surface area contributed by atoms with Crippen LogP contribution in [0.3, 0.4) is 0 Å². The largest absolute Gasteiger partial charge is 0.495 e. The predicted molar refractivity (Wildman–Crippen MR) is 101 cm³/mol. The normalized spacial score (nSPS) is 14.5. The van der Waals surface area contributed by atoms with Crippen LogP contribution < -0.4 is 14.4 Å². The molecule has 1 N–H and O–H groups in total. The van der Waals surface area contributed by atoms with E-state index in [0.717, 1.165) is 18.4 Å². The van der Waals surface area contributed by atoms with Gasteiger partial charge in [0, 0.05) is 13.0 Å². The Kier molecular flexibility index (Phi) is 5.18. The van der Waals surface area contributed by atoms with Crippen molar-refractivity contribution in [3.63, 3.8) is 0 Å². The minimum atomic E-state index is -3.71. The molecule has 1 aliphatic heterocycles. The Morgan fingerprint density at radius 3 is 2.46 bits per heavy atom. The highest BCUT2D eigenvalue weighted by Gasteiger charge is 2.25. The zero-order valence-corrected chi connectivity index (χ0v) is 15.7. The molecule has 6 nitrogen and oxygen atoms in total. The van der Waals surface area contributed by atoms with Crippen molar-refractivity contribution in [3.8, 4) is 5.75 Å². The van der Waals surface area contributed by atoms with Crippen molar-refractivity contribution in [2.24, 2.45) is 0 Å². The third-order valence-corrected chi connectivity index (χ3v) is 5.83. The summed E-state index contributed by atoms with van der Waals surface area (Å²) in [5.74, 6) is 0.550. The lowest BCUT2D eigenvalue weighted by Crippen LogP contribution is -2.24. The summed E-state index contributed by atoms with van der Waals surface area (Å²) in [5, 5.41) is 0. The maximum atomic E-state index is 12.6. The molecule has 0 spiro atoms. The van der Waals surface area contributed by atoms with E-state index in [0.29, 0.717) is 30.1 Å². The molecule has 138 valence electrons. The molecule has 26 heavy (non-hydrogen) atoms. The van der Waals surface area contributed by atoms with Crippen LogP contribution in [0.4, 0.5) is 11.4 Å². The molecule has 0 radical (unpaired) electrons. The maximum Gasteiger partial charge on any atom is 0.261 e. The maximum absolute atomic E-state index is 12.6. The Balaban J connectivity index is 1.90. The lowest BCUT2D eigenvalue weighted by Gasteiger charge is -2.20. The zero-order valence-electron chi connectivity index (χ0n) is 14.9. The van der Waals surface area contributed by atoms with Gasteiger partial charge in [-0.1, -0.05) is 19.1 Å². The van der Waals surface area contributed by atoms with E-state index in [9.17, 15) is 13.2 Å². The highest BCUT2D eigenvalue weighted by atomic mass is 32.2. The lowest BCUT2D eigenvalue weighted by molar-refractivity contribution is -0.117. The number of benzene rings is 2. The van der Waals surface area contributed by atoms with Crippen LogP contribution in [0, 0.1) is 0 Å². The molecule has 0 atom stereocenters. The highest BCUT2D eigenvalue weighted by molar-refractivity contribution is 7.92. The number of hydrogen-bond donors (Lipinski definition) is 1. The van der Waals surface area contributed by atoms with Gasteiger partial charge in [-0.2, -0.15) is 0 Å². The zero-order chi connectivity index (χ0) is 18.7. The summed E-state index contributed by atoms with van der Waals surface area (Å²) in [6.07, 6.45) is 2.12. The highest BCUT2D eigenvalue weighted by Crippen LogP contribution is 2.34. The van der Waals surface area contributed by atoms with Crippen LogP contribution in [0.25, 0.3) is 0 Å². The van der Waals surface area contributed by atoms with Crippen molar-refractivity contribution >= 4 is 27.3 Å². The number of sulfonamides is 1. The molecule has 7 heteroatoms. The number of carbonyl (C=O) groups is 1. The second-order valence-corrected chi connectivity index (χ2v) is 7.82. The average molecular weight is 374 g/mol. The van der Waals surface area contributed by atoms with Crippen molar-refractivity contribution < 1.29 is 17.9 Å². The number of rotatable bonds is 6. The molecule has 0 saturated carbocycles. The first-order valence-electron chi connectivity index (χ1n) is 8.55. The Bertz CT molecular complexity index is 908. The number of methoxy groups -OCH3 is 1. The van der Waals surface area contributed by atoms with Crippen LogP contribution in [-0.4, -0.2) is 28.0 Å². The number of amides is 1. The third-order valence-electron chi connectivity index (χ3n) is 4.44. The summed E-state index contributed by atoms with van der Waals surface area (Å²) in [6, 6.07) is 11.7. The van der Waals surface area contributed by atoms with E-state index in [2.05, 4.69) is 4.72 Å². The molecule has 0 bridgehead atoms. The molecule has 1 saturated heterocycles. The number of nitrogens with one attached hydrogen (secondary N) is 1. The molecular weight excluding hydrogens is 352 g/mol. The van der Waals surface area contributed by atoms with Gasteiger partial charge in [-0.3, -0.25) is 9.52 Å². The number of hydrogen-bond acceptors (Lipinski definition) is 4. The van der Waals surface area contributed by atoms with Gasteiger partial charge in [-0.05, 0) is 48.7 Å². The third kappa shape index (κ3) is 3.67. The van der Waals surface area contributed by atoms with Gasteiger partial charge >= 0.3 is 0 Å². The number of aryl methyl sites for hydroxylation is 1. The monoisotopic (exact) mass is 374 g/mol. The first-order chi connectivity index (χ1) is 12.4. The summed E-state index contributed by atoms with van der Waals surface area (Å²) in [6.45, 7) is 2.62. The van der Waals surface area contributed by atoms with E-state index in [1.807, 2.05) is 6.92 Å². The molecule has 0 aliphatic carbocycles. The van der Waals surface area contributed by atoms with Gasteiger partial charge in [0.2, 0.25) is 5.91 Å². The Hall–Kier alpha value is -2.54. The fourth-order valence-corrected chi connectivity index (χ4v) is 4.04. The summed E-state index contributed by atoms with van der Waals surface area (Å²) >= 11 is 0. The Labute approximate surface area is 153 Å². The molecule has 3 rings (SSSR count). The van der Waals surface area contributed by atoms with Crippen molar-refractivity contribution in [3.05, 3.63) is 48.0 Å². The molecule has 1 fully saturated rings. The summed E-state index contributed by atoms with van der Waals surface area (Å²) in [5.41, 5.74) is 2.04. The predicted octanol–water partition coefficient (Wildman–Crippen LogP) is 3.19. The van der Waals surface area contributed by atoms with Crippen LogP contribution >= 0.6 is 0 Å². The van der Waals surface area contributed by atoms with Crippen LogP contribution in [-0.2, 0) is 21.2 Å². The SMILES string of the molecule is CCc1ccc(S(=O)(=O)Nc2ccc(OC)c(N3CCCC3=O)c2)cc1. The quantitative estimate of drug-likeness (QED) is 0.843. The molecule has 0 unspecified atom stereocenters. The van der Waals surface area contributed by atoms with Gasteiger partial charge in [-0.25, -0.2) is 8.42 Å². The second-order valence-electron chi connectivity index (χ2n) is 6.14. The van der Waals surface area contributed by atoms with E-state index in [1.165, 1.54) is 7.11 Å². The first-order valence-corrected chi connectivity index (χ1v) is 10.0. The molecule has 2 aromatic carbocycles. The van der Waals surface area contributed by atoms with Gasteiger partial charge in [0.1, 0.15) is 5.75 Å². The molecular formula is C19H22N2O4S. The minimum absolute atomic E-state index is 0.0125. The van der Waals surface area contributed by atoms with Gasteiger partial charge < -0.3 is 9.64 Å². The number of nitrogens with zero attached hydrogens (tertiary/aromatic N) is 1. The van der Waals surface area contributed by atoms with E-state index in [4.69, 9.17) is 4.74 Å². The van der Waals surface area contributed by atoms with Gasteiger partial charge in [0.05, 0.1) is 23.4 Å². The molecule has 1 heterocycles. The average Bonchev–Trinajstić information content (AvgIpc) is 3.07. The second kappa shape index (κ2) is 7.37. The van der Waals surface area contributed by atoms with Crippen molar-refractivity contribution in [2.75, 3.05) is 23.3 Å². The van der Waals surface area contributed by atoms with E-state index in [-0.39, 0.29) is 10.8 Å². The van der Waals surface area contributed by atoms with Gasteiger partial charge in [0.15, 0.2) is 0 Å². The van der Waals surface area contributed by atoms with E-state index < -0.39 is 10.0 Å². The standard InChI is InChI=1S/C19H22N2O4S/c1-3-14-6-9-16(10-7-14)26(23,24)20-15-8-11-18(25-2)17(13-15)21-12-4-5-19(21)22/h6-11,13,20H,3-5,12H2,1-2H3. The van der Waals surface area contributed by atoms with Crippen LogP contribution in [0.2, 0.25) is 0 Å². The summed E-state index contributed by atoms with van der Waals surface area (Å²) < 4.78 is 33.2. The minimum Gasteiger partial charge on any atom is -0.495 e. The molecule has 1 amide bonds. The Morgan fingerprint density at radius 2 is 1.88 bits per heavy atom. The van der Waals surface area contributed by atoms with Crippen molar-refractivity contribution in [1.29, 1.82) is 0 Å². The van der Waals surface area contributed by atoms with Crippen LogP contribution in [0.1, 0.15) is 25.3 Å². The van der Waals surface area contributed by atoms with Gasteiger partial charge in [0.25, 0.3) is 10.0 Å². The topological polar surface area (TPSA) is 75.7 Å². The first kappa shape index (κ1) is 18.3. The number of anilines is 2. The van der Waals surface area contributed by atoms with E-state index in [1.54, 1.807) is 47.4 Å².